The minimum atomic E-state index is 0.454. The van der Waals surface area contributed by atoms with Crippen molar-refractivity contribution in [1.29, 1.82) is 0 Å². The highest BCUT2D eigenvalue weighted by Crippen LogP contribution is 2.13. The number of hydrogen-bond donors (Lipinski definition) is 1. The summed E-state index contributed by atoms with van der Waals surface area (Å²) in [6.07, 6.45) is 8.08. The van der Waals surface area contributed by atoms with Gasteiger partial charge in [0.15, 0.2) is 0 Å². The highest BCUT2D eigenvalue weighted by atomic mass is 14.9. The molecule has 0 aliphatic rings. The van der Waals surface area contributed by atoms with Gasteiger partial charge in [0.2, 0.25) is 0 Å². The molecular formula is C17H27N. The number of rotatable bonds is 9. The predicted molar refractivity (Wildman–Crippen MR) is 80.9 cm³/mol. The zero-order valence-corrected chi connectivity index (χ0v) is 11.9. The molecule has 0 aliphatic carbocycles. The van der Waals surface area contributed by atoms with Crippen LogP contribution in [0.3, 0.4) is 0 Å². The molecule has 0 saturated carbocycles. The summed E-state index contributed by atoms with van der Waals surface area (Å²) >= 11 is 0. The van der Waals surface area contributed by atoms with E-state index < -0.39 is 0 Å². The minimum Gasteiger partial charge on any atom is -0.310 e. The summed E-state index contributed by atoms with van der Waals surface area (Å²) in [5, 5.41) is 3.59. The Kier molecular flexibility index (Phi) is 7.43. The van der Waals surface area contributed by atoms with E-state index in [9.17, 15) is 0 Å². The summed E-state index contributed by atoms with van der Waals surface area (Å²) in [5.41, 5.74) is 2.80. The Morgan fingerprint density at radius 3 is 2.50 bits per heavy atom. The van der Waals surface area contributed by atoms with E-state index in [1.165, 1.54) is 30.4 Å². The summed E-state index contributed by atoms with van der Waals surface area (Å²) in [5.74, 6) is 0. The average molecular weight is 245 g/mol. The summed E-state index contributed by atoms with van der Waals surface area (Å²) in [6.45, 7) is 9.28. The van der Waals surface area contributed by atoms with Crippen LogP contribution in [0.1, 0.15) is 56.7 Å². The van der Waals surface area contributed by atoms with Crippen molar-refractivity contribution in [2.75, 3.05) is 6.54 Å². The molecule has 1 heteroatoms. The minimum absolute atomic E-state index is 0.454. The quantitative estimate of drug-likeness (QED) is 0.493. The van der Waals surface area contributed by atoms with Crippen molar-refractivity contribution in [2.45, 2.75) is 52.0 Å². The number of allylic oxidation sites excluding steroid dienone is 1. The number of aryl methyl sites for hydroxylation is 1. The Morgan fingerprint density at radius 1 is 1.17 bits per heavy atom. The van der Waals surface area contributed by atoms with E-state index in [0.29, 0.717) is 6.04 Å². The van der Waals surface area contributed by atoms with Gasteiger partial charge in [-0.2, -0.15) is 0 Å². The van der Waals surface area contributed by atoms with E-state index in [4.69, 9.17) is 0 Å². The molecule has 1 rings (SSSR count). The molecule has 1 aromatic rings. The Balaban J connectivity index is 2.22. The number of benzene rings is 1. The molecule has 1 aromatic carbocycles. The van der Waals surface area contributed by atoms with Gasteiger partial charge < -0.3 is 5.32 Å². The zero-order valence-electron chi connectivity index (χ0n) is 11.9. The third-order valence-electron chi connectivity index (χ3n) is 3.42. The average Bonchev–Trinajstić information content (AvgIpc) is 2.42. The molecule has 0 radical (unpaired) electrons. The smallest absolute Gasteiger partial charge is 0.0291 e. The molecule has 0 aliphatic heterocycles. The Hall–Kier alpha value is -1.08. The second-order valence-corrected chi connectivity index (χ2v) is 4.91. The first kappa shape index (κ1) is 15.0. The van der Waals surface area contributed by atoms with Crippen molar-refractivity contribution < 1.29 is 0 Å². The summed E-state index contributed by atoms with van der Waals surface area (Å²) < 4.78 is 0. The monoisotopic (exact) mass is 245 g/mol. The zero-order chi connectivity index (χ0) is 13.2. The van der Waals surface area contributed by atoms with Gasteiger partial charge in [0.05, 0.1) is 0 Å². The fourth-order valence-electron chi connectivity index (χ4n) is 2.07. The van der Waals surface area contributed by atoms with Gasteiger partial charge in [-0.25, -0.2) is 0 Å². The third-order valence-corrected chi connectivity index (χ3v) is 3.42. The normalized spacial score (nSPS) is 12.3. The first-order valence-electron chi connectivity index (χ1n) is 7.21. The van der Waals surface area contributed by atoms with Crippen molar-refractivity contribution in [3.63, 3.8) is 0 Å². The van der Waals surface area contributed by atoms with Crippen LogP contribution in [0.15, 0.2) is 36.9 Å². The summed E-state index contributed by atoms with van der Waals surface area (Å²) in [4.78, 5) is 0. The molecule has 0 saturated heterocycles. The lowest BCUT2D eigenvalue weighted by Crippen LogP contribution is -2.19. The first-order valence-corrected chi connectivity index (χ1v) is 7.21. The lowest BCUT2D eigenvalue weighted by Gasteiger charge is -2.14. The Morgan fingerprint density at radius 2 is 1.89 bits per heavy atom. The summed E-state index contributed by atoms with van der Waals surface area (Å²) in [6, 6.07) is 9.41. The Bertz CT molecular complexity index is 326. The maximum Gasteiger partial charge on any atom is 0.0291 e. The number of unbranched alkanes of at least 4 members (excludes halogenated alkanes) is 3. The van der Waals surface area contributed by atoms with Crippen molar-refractivity contribution in [2.24, 2.45) is 0 Å². The molecule has 1 nitrogen and oxygen atoms in total. The van der Waals surface area contributed by atoms with Crippen molar-refractivity contribution in [3.05, 3.63) is 48.0 Å². The van der Waals surface area contributed by atoms with Gasteiger partial charge in [-0.1, -0.05) is 43.7 Å². The highest BCUT2D eigenvalue weighted by Gasteiger charge is 2.03. The Labute approximate surface area is 112 Å². The lowest BCUT2D eigenvalue weighted by molar-refractivity contribution is 0.539. The highest BCUT2D eigenvalue weighted by molar-refractivity contribution is 5.24. The van der Waals surface area contributed by atoms with Crippen LogP contribution in [-0.2, 0) is 6.42 Å². The SMILES string of the molecule is C=CCCCCCNC(C)c1ccc(CC)cc1. The van der Waals surface area contributed by atoms with Gasteiger partial charge in [0.1, 0.15) is 0 Å². The van der Waals surface area contributed by atoms with Crippen molar-refractivity contribution in [3.8, 4) is 0 Å². The molecule has 0 amide bonds. The molecule has 0 spiro atoms. The molecular weight excluding hydrogens is 218 g/mol. The molecule has 1 atom stereocenters. The molecule has 100 valence electrons. The molecule has 1 N–H and O–H groups in total. The number of nitrogens with one attached hydrogen (secondary N) is 1. The number of hydrogen-bond acceptors (Lipinski definition) is 1. The summed E-state index contributed by atoms with van der Waals surface area (Å²) in [7, 11) is 0. The van der Waals surface area contributed by atoms with Crippen LogP contribution in [0, 0.1) is 0 Å². The standard InChI is InChI=1S/C17H27N/c1-4-6-7-8-9-14-18-15(3)17-12-10-16(5-2)11-13-17/h4,10-13,15,18H,1,5-9,14H2,2-3H3. The van der Waals surface area contributed by atoms with Gasteiger partial charge >= 0.3 is 0 Å². The van der Waals surface area contributed by atoms with Crippen molar-refractivity contribution >= 4 is 0 Å². The topological polar surface area (TPSA) is 12.0 Å². The molecule has 0 aromatic heterocycles. The fourth-order valence-corrected chi connectivity index (χ4v) is 2.07. The predicted octanol–water partition coefficient (Wildman–Crippen LogP) is 4.65. The molecule has 1 unspecified atom stereocenters. The van der Waals surface area contributed by atoms with E-state index in [2.05, 4.69) is 50.0 Å². The largest absolute Gasteiger partial charge is 0.310 e. The van der Waals surface area contributed by atoms with E-state index in [0.717, 1.165) is 19.4 Å². The van der Waals surface area contributed by atoms with Crippen LogP contribution in [0.2, 0.25) is 0 Å². The van der Waals surface area contributed by atoms with Crippen molar-refractivity contribution in [1.82, 2.24) is 5.32 Å². The van der Waals surface area contributed by atoms with Crippen LogP contribution in [0.4, 0.5) is 0 Å². The van der Waals surface area contributed by atoms with E-state index in [1.807, 2.05) is 6.08 Å². The van der Waals surface area contributed by atoms with Gasteiger partial charge in [-0.15, -0.1) is 6.58 Å². The van der Waals surface area contributed by atoms with Gasteiger partial charge in [0, 0.05) is 6.04 Å². The van der Waals surface area contributed by atoms with Crippen LogP contribution < -0.4 is 5.32 Å². The molecule has 18 heavy (non-hydrogen) atoms. The van der Waals surface area contributed by atoms with Crippen LogP contribution >= 0.6 is 0 Å². The van der Waals surface area contributed by atoms with Crippen LogP contribution in [-0.4, -0.2) is 6.54 Å². The van der Waals surface area contributed by atoms with E-state index in [1.54, 1.807) is 0 Å². The van der Waals surface area contributed by atoms with Crippen LogP contribution in [0.5, 0.6) is 0 Å². The van der Waals surface area contributed by atoms with E-state index >= 15 is 0 Å². The van der Waals surface area contributed by atoms with E-state index in [-0.39, 0.29) is 0 Å². The first-order chi connectivity index (χ1) is 8.77. The van der Waals surface area contributed by atoms with Crippen LogP contribution in [0.25, 0.3) is 0 Å². The lowest BCUT2D eigenvalue weighted by atomic mass is 10.0. The van der Waals surface area contributed by atoms with Gasteiger partial charge in [-0.05, 0) is 50.3 Å². The molecule has 0 bridgehead atoms. The third kappa shape index (κ3) is 5.50. The van der Waals surface area contributed by atoms with Gasteiger partial charge in [-0.3, -0.25) is 0 Å². The van der Waals surface area contributed by atoms with Gasteiger partial charge in [0.25, 0.3) is 0 Å². The second-order valence-electron chi connectivity index (χ2n) is 4.91. The maximum absolute atomic E-state index is 3.74. The fraction of sp³-hybridized carbons (Fsp3) is 0.529. The maximum atomic E-state index is 3.74. The molecule has 0 fully saturated rings. The second kappa shape index (κ2) is 8.93. The molecule has 0 heterocycles.